The highest BCUT2D eigenvalue weighted by Crippen LogP contribution is 2.29. The van der Waals surface area contributed by atoms with E-state index in [0.29, 0.717) is 6.54 Å². The minimum atomic E-state index is -0.319. The molecule has 0 aromatic carbocycles. The van der Waals surface area contributed by atoms with Crippen LogP contribution in [0.3, 0.4) is 0 Å². The van der Waals surface area contributed by atoms with Crippen LogP contribution in [0, 0.1) is 6.92 Å². The molecular formula is C15H22N6O. The van der Waals surface area contributed by atoms with Crippen molar-refractivity contribution in [2.24, 2.45) is 7.05 Å². The van der Waals surface area contributed by atoms with Crippen molar-refractivity contribution in [2.75, 3.05) is 31.1 Å². The first kappa shape index (κ1) is 13.9. The smallest absolute Gasteiger partial charge is 0.163 e. The lowest BCUT2D eigenvalue weighted by atomic mass is 10.2. The van der Waals surface area contributed by atoms with Gasteiger partial charge in [0.2, 0.25) is 0 Å². The molecule has 4 heterocycles. The van der Waals surface area contributed by atoms with E-state index >= 15 is 0 Å². The molecule has 22 heavy (non-hydrogen) atoms. The van der Waals surface area contributed by atoms with Crippen LogP contribution >= 0.6 is 0 Å². The van der Waals surface area contributed by atoms with Gasteiger partial charge in [-0.15, -0.1) is 0 Å². The summed E-state index contributed by atoms with van der Waals surface area (Å²) in [5.41, 5.74) is 0.849. The molecule has 118 valence electrons. The molecule has 4 rings (SSSR count). The van der Waals surface area contributed by atoms with Crippen molar-refractivity contribution in [3.05, 3.63) is 12.0 Å². The van der Waals surface area contributed by atoms with E-state index < -0.39 is 0 Å². The Hall–Kier alpha value is -1.73. The van der Waals surface area contributed by atoms with Crippen LogP contribution in [0.15, 0.2) is 6.20 Å². The largest absolute Gasteiger partial charge is 0.390 e. The van der Waals surface area contributed by atoms with Crippen LogP contribution in [0.1, 0.15) is 18.7 Å². The van der Waals surface area contributed by atoms with E-state index in [-0.39, 0.29) is 12.1 Å². The van der Waals surface area contributed by atoms with Gasteiger partial charge in [0.25, 0.3) is 0 Å². The summed E-state index contributed by atoms with van der Waals surface area (Å²) in [4.78, 5) is 13.7. The number of hydrogen-bond donors (Lipinski definition) is 1. The highest BCUT2D eigenvalue weighted by Gasteiger charge is 2.37. The van der Waals surface area contributed by atoms with E-state index in [1.807, 2.05) is 20.2 Å². The standard InChI is InChI=1S/C15H22N6O/c1-10-17-14-11(7-16-19(14)2)15(18-10)21-8-12(13(22)9-21)20-5-3-4-6-20/h7,12-13,22H,3-6,8-9H2,1-2H3/t12-,13-/m0/s1. The van der Waals surface area contributed by atoms with Crippen LogP contribution in [0.25, 0.3) is 11.0 Å². The molecule has 2 aliphatic heterocycles. The van der Waals surface area contributed by atoms with Crippen LogP contribution in [0.5, 0.6) is 0 Å². The maximum atomic E-state index is 10.5. The fourth-order valence-corrected chi connectivity index (χ4v) is 3.73. The fraction of sp³-hybridized carbons (Fsp3) is 0.667. The molecule has 2 saturated heterocycles. The molecule has 0 amide bonds. The lowest BCUT2D eigenvalue weighted by Crippen LogP contribution is -2.41. The van der Waals surface area contributed by atoms with Gasteiger partial charge in [0.15, 0.2) is 5.65 Å². The van der Waals surface area contributed by atoms with Gasteiger partial charge in [0, 0.05) is 20.1 Å². The van der Waals surface area contributed by atoms with E-state index in [4.69, 9.17) is 0 Å². The Morgan fingerprint density at radius 1 is 1.18 bits per heavy atom. The summed E-state index contributed by atoms with van der Waals surface area (Å²) >= 11 is 0. The Bertz CT molecular complexity index is 693. The third kappa shape index (κ3) is 2.16. The Morgan fingerprint density at radius 3 is 2.73 bits per heavy atom. The lowest BCUT2D eigenvalue weighted by molar-refractivity contribution is 0.0986. The average molecular weight is 302 g/mol. The number of aliphatic hydroxyl groups is 1. The molecule has 2 atom stereocenters. The first-order valence-corrected chi connectivity index (χ1v) is 7.97. The second-order valence-corrected chi connectivity index (χ2v) is 6.38. The van der Waals surface area contributed by atoms with Crippen LogP contribution in [-0.4, -0.2) is 68.1 Å². The molecule has 2 fully saturated rings. The van der Waals surface area contributed by atoms with E-state index in [9.17, 15) is 5.11 Å². The van der Waals surface area contributed by atoms with Crippen molar-refractivity contribution >= 4 is 16.9 Å². The average Bonchev–Trinajstić information content (AvgIpc) is 3.19. The number of hydrogen-bond acceptors (Lipinski definition) is 6. The molecule has 0 spiro atoms. The summed E-state index contributed by atoms with van der Waals surface area (Å²) in [5.74, 6) is 1.64. The summed E-state index contributed by atoms with van der Waals surface area (Å²) in [6.45, 7) is 5.55. The zero-order chi connectivity index (χ0) is 15.3. The summed E-state index contributed by atoms with van der Waals surface area (Å²) in [6.07, 6.45) is 3.98. The number of fused-ring (bicyclic) bond motifs is 1. The minimum absolute atomic E-state index is 0.212. The maximum Gasteiger partial charge on any atom is 0.163 e. The van der Waals surface area contributed by atoms with E-state index in [1.165, 1.54) is 12.8 Å². The van der Waals surface area contributed by atoms with Crippen LogP contribution in [-0.2, 0) is 7.05 Å². The SMILES string of the molecule is Cc1nc(N2C[C@H](O)[C@@H](N3CCCC3)C2)c2cnn(C)c2n1. The van der Waals surface area contributed by atoms with E-state index in [1.54, 1.807) is 4.68 Å². The molecule has 2 aromatic rings. The van der Waals surface area contributed by atoms with Gasteiger partial charge in [0.1, 0.15) is 11.6 Å². The van der Waals surface area contributed by atoms with Gasteiger partial charge in [-0.2, -0.15) is 5.10 Å². The van der Waals surface area contributed by atoms with Gasteiger partial charge in [-0.25, -0.2) is 9.97 Å². The van der Waals surface area contributed by atoms with Gasteiger partial charge in [0.05, 0.1) is 23.7 Å². The van der Waals surface area contributed by atoms with Crippen molar-refractivity contribution in [1.29, 1.82) is 0 Å². The normalized spacial score (nSPS) is 26.4. The van der Waals surface area contributed by atoms with Gasteiger partial charge >= 0.3 is 0 Å². The van der Waals surface area contributed by atoms with Crippen LogP contribution < -0.4 is 4.90 Å². The molecule has 1 N–H and O–H groups in total. The number of likely N-dealkylation sites (tertiary alicyclic amines) is 1. The van der Waals surface area contributed by atoms with Gasteiger partial charge in [-0.05, 0) is 32.9 Å². The van der Waals surface area contributed by atoms with Gasteiger partial charge in [-0.1, -0.05) is 0 Å². The molecule has 0 radical (unpaired) electrons. The summed E-state index contributed by atoms with van der Waals surface area (Å²) in [6, 6.07) is 0.212. The fourth-order valence-electron chi connectivity index (χ4n) is 3.73. The number of aromatic nitrogens is 4. The number of nitrogens with zero attached hydrogens (tertiary/aromatic N) is 6. The highest BCUT2D eigenvalue weighted by molar-refractivity contribution is 5.87. The predicted octanol–water partition coefficient (Wildman–Crippen LogP) is 0.317. The number of aryl methyl sites for hydroxylation is 2. The number of aliphatic hydroxyl groups excluding tert-OH is 1. The molecule has 0 saturated carbocycles. The van der Waals surface area contributed by atoms with Gasteiger partial charge in [-0.3, -0.25) is 9.58 Å². The molecule has 7 heteroatoms. The monoisotopic (exact) mass is 302 g/mol. The molecule has 2 aromatic heterocycles. The molecule has 2 aliphatic rings. The second-order valence-electron chi connectivity index (χ2n) is 6.38. The van der Waals surface area contributed by atoms with Crippen molar-refractivity contribution in [3.63, 3.8) is 0 Å². The third-order valence-corrected chi connectivity index (χ3v) is 4.85. The molecule has 0 bridgehead atoms. The first-order valence-electron chi connectivity index (χ1n) is 7.97. The minimum Gasteiger partial charge on any atom is -0.390 e. The zero-order valence-corrected chi connectivity index (χ0v) is 13.1. The van der Waals surface area contributed by atoms with Crippen molar-refractivity contribution in [2.45, 2.75) is 31.9 Å². The van der Waals surface area contributed by atoms with Crippen LogP contribution in [0.2, 0.25) is 0 Å². The lowest BCUT2D eigenvalue weighted by Gasteiger charge is -2.25. The summed E-state index contributed by atoms with van der Waals surface area (Å²) in [7, 11) is 1.89. The Kier molecular flexibility index (Phi) is 3.27. The molecule has 7 nitrogen and oxygen atoms in total. The van der Waals surface area contributed by atoms with Crippen LogP contribution in [0.4, 0.5) is 5.82 Å². The number of anilines is 1. The second kappa shape index (κ2) is 5.17. The van der Waals surface area contributed by atoms with Crippen molar-refractivity contribution in [3.8, 4) is 0 Å². The topological polar surface area (TPSA) is 70.3 Å². The van der Waals surface area contributed by atoms with E-state index in [2.05, 4.69) is 24.9 Å². The van der Waals surface area contributed by atoms with Crippen molar-refractivity contribution < 1.29 is 5.11 Å². The van der Waals surface area contributed by atoms with Crippen molar-refractivity contribution in [1.82, 2.24) is 24.6 Å². The Labute approximate surface area is 129 Å². The zero-order valence-electron chi connectivity index (χ0n) is 13.1. The summed E-state index contributed by atoms with van der Waals surface area (Å²) in [5, 5.41) is 15.7. The molecular weight excluding hydrogens is 280 g/mol. The Morgan fingerprint density at radius 2 is 1.95 bits per heavy atom. The number of rotatable bonds is 2. The molecule has 0 unspecified atom stereocenters. The number of β-amino-alcohol motifs (C(OH)–C–C–N with tert-alkyl or cyclic N) is 1. The summed E-state index contributed by atoms with van der Waals surface area (Å²) < 4.78 is 1.78. The quantitative estimate of drug-likeness (QED) is 0.861. The van der Waals surface area contributed by atoms with Gasteiger partial charge < -0.3 is 10.0 Å². The third-order valence-electron chi connectivity index (χ3n) is 4.85. The highest BCUT2D eigenvalue weighted by atomic mass is 16.3. The predicted molar refractivity (Wildman–Crippen MR) is 83.9 cm³/mol. The first-order chi connectivity index (χ1) is 10.6. The maximum absolute atomic E-state index is 10.5. The Balaban J connectivity index is 1.68. The van der Waals surface area contributed by atoms with E-state index in [0.717, 1.165) is 42.3 Å². The molecule has 0 aliphatic carbocycles.